The van der Waals surface area contributed by atoms with E-state index in [2.05, 4.69) is 36.3 Å². The third-order valence-corrected chi connectivity index (χ3v) is 3.90. The summed E-state index contributed by atoms with van der Waals surface area (Å²) in [6.07, 6.45) is 1.68. The largest absolute Gasteiger partial charge is 0.299 e. The summed E-state index contributed by atoms with van der Waals surface area (Å²) in [5, 5.41) is 0. The summed E-state index contributed by atoms with van der Waals surface area (Å²) in [5.41, 5.74) is 4.46. The molecule has 0 aromatic heterocycles. The van der Waals surface area contributed by atoms with Gasteiger partial charge in [-0.3, -0.25) is 15.1 Å². The molecule has 4 heteroatoms. The molecule has 110 valence electrons. The molecule has 1 heterocycles. The zero-order valence-electron chi connectivity index (χ0n) is 12.4. The number of nitrogens with two attached hydrogens (primary N) is 1. The van der Waals surface area contributed by atoms with Crippen molar-refractivity contribution in [2.75, 3.05) is 13.1 Å². The van der Waals surface area contributed by atoms with Crippen LogP contribution in [-0.2, 0) is 17.8 Å². The van der Waals surface area contributed by atoms with Crippen molar-refractivity contribution in [1.29, 1.82) is 0 Å². The van der Waals surface area contributed by atoms with Crippen LogP contribution in [0.3, 0.4) is 0 Å². The van der Waals surface area contributed by atoms with Crippen LogP contribution < -0.4 is 11.3 Å². The fraction of sp³-hybridized carbons (Fsp3) is 0.562. The predicted octanol–water partition coefficient (Wildman–Crippen LogP) is 1.70. The van der Waals surface area contributed by atoms with E-state index in [0.717, 1.165) is 23.9 Å². The van der Waals surface area contributed by atoms with E-state index in [4.69, 9.17) is 5.84 Å². The average Bonchev–Trinajstić information content (AvgIpc) is 2.39. The Labute approximate surface area is 121 Å². The van der Waals surface area contributed by atoms with Crippen LogP contribution in [0.25, 0.3) is 0 Å². The van der Waals surface area contributed by atoms with Crippen LogP contribution >= 0.6 is 0 Å². The highest BCUT2D eigenvalue weighted by Gasteiger charge is 2.21. The maximum absolute atomic E-state index is 11.2. The molecule has 2 rings (SSSR count). The monoisotopic (exact) mass is 275 g/mol. The Hall–Kier alpha value is -1.39. The summed E-state index contributed by atoms with van der Waals surface area (Å²) in [7, 11) is 0. The summed E-state index contributed by atoms with van der Waals surface area (Å²) in [4.78, 5) is 13.7. The number of carbonyl (C=O) groups is 1. The highest BCUT2D eigenvalue weighted by atomic mass is 16.2. The normalized spacial score (nSPS) is 23.6. The molecule has 1 fully saturated rings. The third-order valence-electron chi connectivity index (χ3n) is 3.90. The summed E-state index contributed by atoms with van der Waals surface area (Å²) in [6.45, 7) is 8.02. The number of hydrogen-bond donors (Lipinski definition) is 2. The quantitative estimate of drug-likeness (QED) is 0.499. The van der Waals surface area contributed by atoms with E-state index >= 15 is 0 Å². The Morgan fingerprint density at radius 1 is 1.20 bits per heavy atom. The average molecular weight is 275 g/mol. The molecule has 4 nitrogen and oxygen atoms in total. The summed E-state index contributed by atoms with van der Waals surface area (Å²) < 4.78 is 0. The lowest BCUT2D eigenvalue weighted by Gasteiger charge is -2.35. The number of carbonyl (C=O) groups excluding carboxylic acids is 1. The van der Waals surface area contributed by atoms with Gasteiger partial charge < -0.3 is 0 Å². The Morgan fingerprint density at radius 2 is 1.75 bits per heavy atom. The number of hydrogen-bond acceptors (Lipinski definition) is 3. The lowest BCUT2D eigenvalue weighted by atomic mass is 9.91. The van der Waals surface area contributed by atoms with Gasteiger partial charge in [0.1, 0.15) is 0 Å². The Morgan fingerprint density at radius 3 is 2.30 bits per heavy atom. The minimum absolute atomic E-state index is 0.156. The van der Waals surface area contributed by atoms with Gasteiger partial charge in [0.2, 0.25) is 5.91 Å². The number of likely N-dealkylation sites (tertiary alicyclic amines) is 1. The first-order chi connectivity index (χ1) is 9.56. The van der Waals surface area contributed by atoms with Gasteiger partial charge in [-0.1, -0.05) is 38.1 Å². The van der Waals surface area contributed by atoms with Crippen LogP contribution in [0.5, 0.6) is 0 Å². The van der Waals surface area contributed by atoms with Crippen LogP contribution in [-0.4, -0.2) is 23.9 Å². The molecule has 1 aromatic rings. The van der Waals surface area contributed by atoms with Crippen LogP contribution in [0, 0.1) is 11.8 Å². The Bertz CT molecular complexity index is 434. The molecule has 0 spiro atoms. The van der Waals surface area contributed by atoms with Gasteiger partial charge in [0.25, 0.3) is 0 Å². The number of piperidine rings is 1. The maximum atomic E-state index is 11.2. The molecule has 1 aromatic carbocycles. The van der Waals surface area contributed by atoms with Crippen LogP contribution in [0.15, 0.2) is 24.3 Å². The standard InChI is InChI=1S/C16H25N3O/c1-12-7-13(2)10-19(9-12)11-15-5-3-14(4-6-15)8-16(20)18-17/h3-6,12-13H,7-11,17H2,1-2H3,(H,18,20). The summed E-state index contributed by atoms with van der Waals surface area (Å²) in [5.74, 6) is 6.50. The zero-order chi connectivity index (χ0) is 14.5. The van der Waals surface area contributed by atoms with Crippen molar-refractivity contribution in [3.8, 4) is 0 Å². The lowest BCUT2D eigenvalue weighted by molar-refractivity contribution is -0.120. The first-order valence-electron chi connectivity index (χ1n) is 7.36. The van der Waals surface area contributed by atoms with Crippen LogP contribution in [0.1, 0.15) is 31.4 Å². The minimum atomic E-state index is -0.156. The highest BCUT2D eigenvalue weighted by molar-refractivity contribution is 5.77. The molecule has 2 atom stereocenters. The van der Waals surface area contributed by atoms with Crippen molar-refractivity contribution in [1.82, 2.24) is 10.3 Å². The zero-order valence-corrected chi connectivity index (χ0v) is 12.4. The first kappa shape index (κ1) is 15.0. The van der Waals surface area contributed by atoms with Gasteiger partial charge in [-0.05, 0) is 29.4 Å². The van der Waals surface area contributed by atoms with E-state index in [0.29, 0.717) is 6.42 Å². The summed E-state index contributed by atoms with van der Waals surface area (Å²) in [6, 6.07) is 8.26. The first-order valence-corrected chi connectivity index (χ1v) is 7.36. The number of nitrogens with one attached hydrogen (secondary N) is 1. The Balaban J connectivity index is 1.91. The second-order valence-electron chi connectivity index (χ2n) is 6.20. The van der Waals surface area contributed by atoms with E-state index in [1.54, 1.807) is 0 Å². The van der Waals surface area contributed by atoms with E-state index in [1.807, 2.05) is 12.1 Å². The van der Waals surface area contributed by atoms with Gasteiger partial charge in [-0.2, -0.15) is 0 Å². The second kappa shape index (κ2) is 6.86. The second-order valence-corrected chi connectivity index (χ2v) is 6.20. The van der Waals surface area contributed by atoms with Gasteiger partial charge in [-0.25, -0.2) is 5.84 Å². The molecule has 20 heavy (non-hydrogen) atoms. The van der Waals surface area contributed by atoms with Gasteiger partial charge in [0.05, 0.1) is 6.42 Å². The number of benzene rings is 1. The summed E-state index contributed by atoms with van der Waals surface area (Å²) >= 11 is 0. The van der Waals surface area contributed by atoms with Gasteiger partial charge >= 0.3 is 0 Å². The highest BCUT2D eigenvalue weighted by Crippen LogP contribution is 2.22. The fourth-order valence-corrected chi connectivity index (χ4v) is 3.18. The number of nitrogens with zero attached hydrogens (tertiary/aromatic N) is 1. The molecule has 3 N–H and O–H groups in total. The number of amides is 1. The molecule has 0 saturated carbocycles. The van der Waals surface area contributed by atoms with Crippen molar-refractivity contribution in [3.63, 3.8) is 0 Å². The Kier molecular flexibility index (Phi) is 5.15. The van der Waals surface area contributed by atoms with Crippen molar-refractivity contribution in [3.05, 3.63) is 35.4 Å². The van der Waals surface area contributed by atoms with Crippen molar-refractivity contribution in [2.24, 2.45) is 17.7 Å². The molecular weight excluding hydrogens is 250 g/mol. The van der Waals surface area contributed by atoms with E-state index < -0.39 is 0 Å². The van der Waals surface area contributed by atoms with Crippen LogP contribution in [0.2, 0.25) is 0 Å². The maximum Gasteiger partial charge on any atom is 0.238 e. The number of rotatable bonds is 4. The molecule has 0 aliphatic carbocycles. The third kappa shape index (κ3) is 4.32. The molecule has 1 aliphatic heterocycles. The molecular formula is C16H25N3O. The van der Waals surface area contributed by atoms with Gasteiger partial charge in [0.15, 0.2) is 0 Å². The van der Waals surface area contributed by atoms with Crippen molar-refractivity contribution >= 4 is 5.91 Å². The van der Waals surface area contributed by atoms with Crippen molar-refractivity contribution in [2.45, 2.75) is 33.2 Å². The number of hydrazine groups is 1. The van der Waals surface area contributed by atoms with E-state index in [-0.39, 0.29) is 5.91 Å². The topological polar surface area (TPSA) is 58.4 Å². The molecule has 1 saturated heterocycles. The molecule has 0 radical (unpaired) electrons. The molecule has 1 aliphatic rings. The van der Waals surface area contributed by atoms with E-state index in [9.17, 15) is 4.79 Å². The lowest BCUT2D eigenvalue weighted by Crippen LogP contribution is -2.38. The minimum Gasteiger partial charge on any atom is -0.299 e. The van der Waals surface area contributed by atoms with Crippen LogP contribution in [0.4, 0.5) is 0 Å². The van der Waals surface area contributed by atoms with Gasteiger partial charge in [-0.15, -0.1) is 0 Å². The molecule has 0 bridgehead atoms. The fourth-order valence-electron chi connectivity index (χ4n) is 3.18. The smallest absolute Gasteiger partial charge is 0.238 e. The van der Waals surface area contributed by atoms with E-state index in [1.165, 1.54) is 25.1 Å². The molecule has 2 unspecified atom stereocenters. The molecule has 1 amide bonds. The SMILES string of the molecule is CC1CC(C)CN(Cc2ccc(CC(=O)NN)cc2)C1. The predicted molar refractivity (Wildman–Crippen MR) is 80.7 cm³/mol. The van der Waals surface area contributed by atoms with Crippen molar-refractivity contribution < 1.29 is 4.79 Å². The van der Waals surface area contributed by atoms with Gasteiger partial charge in [0, 0.05) is 19.6 Å².